The lowest BCUT2D eigenvalue weighted by atomic mass is 10.1. The second kappa shape index (κ2) is 11.2. The third kappa shape index (κ3) is 6.20. The van der Waals surface area contributed by atoms with E-state index in [9.17, 15) is 9.59 Å². The maximum Gasteiger partial charge on any atom is 0.273 e. The van der Waals surface area contributed by atoms with E-state index in [0.717, 1.165) is 0 Å². The van der Waals surface area contributed by atoms with E-state index < -0.39 is 12.0 Å². The molecule has 0 heterocycles. The fraction of sp³-hybridized carbons (Fsp3) is 0.286. The number of methoxy groups -OCH3 is 3. The van der Waals surface area contributed by atoms with Crippen LogP contribution in [0.5, 0.6) is 11.5 Å². The van der Waals surface area contributed by atoms with Crippen LogP contribution in [0.4, 0.5) is 5.69 Å². The Labute approximate surface area is 180 Å². The van der Waals surface area contributed by atoms with Crippen LogP contribution in [0.1, 0.15) is 25.0 Å². The zero-order chi connectivity index (χ0) is 22.1. The molecular weight excluding hydrogens is 410 g/mol. The number of benzene rings is 2. The molecule has 8 nitrogen and oxygen atoms in total. The van der Waals surface area contributed by atoms with Crippen LogP contribution >= 0.6 is 11.6 Å². The third-order valence-electron chi connectivity index (χ3n) is 4.10. The van der Waals surface area contributed by atoms with Gasteiger partial charge in [-0.2, -0.15) is 5.10 Å². The molecule has 0 aliphatic heterocycles. The molecule has 1 atom stereocenters. The van der Waals surface area contributed by atoms with Gasteiger partial charge < -0.3 is 19.5 Å². The minimum Gasteiger partial charge on any atom is -0.495 e. The smallest absolute Gasteiger partial charge is 0.273 e. The molecule has 2 rings (SSSR count). The number of amides is 2. The van der Waals surface area contributed by atoms with E-state index in [1.807, 2.05) is 18.2 Å². The van der Waals surface area contributed by atoms with Crippen molar-refractivity contribution in [1.29, 1.82) is 0 Å². The van der Waals surface area contributed by atoms with Crippen LogP contribution < -0.4 is 20.2 Å². The van der Waals surface area contributed by atoms with Gasteiger partial charge in [0, 0.05) is 25.0 Å². The summed E-state index contributed by atoms with van der Waals surface area (Å²) in [4.78, 5) is 24.7. The molecule has 0 spiro atoms. The van der Waals surface area contributed by atoms with Gasteiger partial charge in [-0.25, -0.2) is 5.43 Å². The first-order valence-corrected chi connectivity index (χ1v) is 9.39. The summed E-state index contributed by atoms with van der Waals surface area (Å²) >= 11 is 6.07. The summed E-state index contributed by atoms with van der Waals surface area (Å²) in [5.74, 6) is 0.00636. The number of hydrazone groups is 1. The summed E-state index contributed by atoms with van der Waals surface area (Å²) in [6.45, 7) is 1.63. The lowest BCUT2D eigenvalue weighted by molar-refractivity contribution is -0.131. The van der Waals surface area contributed by atoms with E-state index in [-0.39, 0.29) is 12.3 Å². The SMILES string of the molecule is COc1cc(NC(=O)CC(C)=NNC(=O)[C@@H](OC)c2ccccc2)c(OC)cc1Cl. The van der Waals surface area contributed by atoms with Gasteiger partial charge in [-0.3, -0.25) is 9.59 Å². The molecule has 0 fully saturated rings. The Morgan fingerprint density at radius 3 is 2.33 bits per heavy atom. The predicted octanol–water partition coefficient (Wildman–Crippen LogP) is 3.57. The number of hydrogen-bond donors (Lipinski definition) is 2. The van der Waals surface area contributed by atoms with Gasteiger partial charge in [0.1, 0.15) is 11.5 Å². The van der Waals surface area contributed by atoms with Gasteiger partial charge >= 0.3 is 0 Å². The first-order valence-electron chi connectivity index (χ1n) is 9.01. The summed E-state index contributed by atoms with van der Waals surface area (Å²) in [5, 5.41) is 7.07. The van der Waals surface area contributed by atoms with Crippen molar-refractivity contribution >= 4 is 34.8 Å². The number of rotatable bonds is 9. The highest BCUT2D eigenvalue weighted by atomic mass is 35.5. The summed E-state index contributed by atoms with van der Waals surface area (Å²) in [6.07, 6.45) is -0.848. The predicted molar refractivity (Wildman–Crippen MR) is 115 cm³/mol. The van der Waals surface area contributed by atoms with E-state index in [1.54, 1.807) is 31.2 Å². The number of ether oxygens (including phenoxy) is 3. The largest absolute Gasteiger partial charge is 0.495 e. The highest BCUT2D eigenvalue weighted by Crippen LogP contribution is 2.35. The van der Waals surface area contributed by atoms with Crippen LogP contribution in [0.3, 0.4) is 0 Å². The molecule has 0 bridgehead atoms. The van der Waals surface area contributed by atoms with E-state index in [2.05, 4.69) is 15.8 Å². The maximum atomic E-state index is 12.4. The standard InChI is InChI=1S/C21H24ClN3O5/c1-13(24-25-21(27)20(30-4)14-8-6-5-7-9-14)10-19(26)23-16-12-17(28-2)15(22)11-18(16)29-3/h5-9,11-12,20H,10H2,1-4H3,(H,23,26)(H,25,27)/t20-/m0/s1. The van der Waals surface area contributed by atoms with Crippen LogP contribution in [0, 0.1) is 0 Å². The molecule has 2 aromatic rings. The zero-order valence-corrected chi connectivity index (χ0v) is 17.9. The fourth-order valence-electron chi connectivity index (χ4n) is 2.66. The van der Waals surface area contributed by atoms with Gasteiger partial charge in [-0.1, -0.05) is 41.9 Å². The second-order valence-corrected chi connectivity index (χ2v) is 6.67. The number of carbonyl (C=O) groups is 2. The van der Waals surface area contributed by atoms with E-state index in [4.69, 9.17) is 25.8 Å². The molecule has 2 amide bonds. The molecule has 30 heavy (non-hydrogen) atoms. The molecule has 9 heteroatoms. The first kappa shape index (κ1) is 23.2. The average Bonchev–Trinajstić information content (AvgIpc) is 2.74. The van der Waals surface area contributed by atoms with Crippen molar-refractivity contribution in [1.82, 2.24) is 5.43 Å². The Balaban J connectivity index is 2.00. The van der Waals surface area contributed by atoms with Gasteiger partial charge in [-0.05, 0) is 12.5 Å². The maximum absolute atomic E-state index is 12.4. The van der Waals surface area contributed by atoms with Crippen molar-refractivity contribution in [3.8, 4) is 11.5 Å². The zero-order valence-electron chi connectivity index (χ0n) is 17.2. The van der Waals surface area contributed by atoms with Gasteiger partial charge in [0.15, 0.2) is 6.10 Å². The summed E-state index contributed by atoms with van der Waals surface area (Å²) in [6, 6.07) is 12.2. The molecule has 2 N–H and O–H groups in total. The molecule has 0 saturated carbocycles. The Morgan fingerprint density at radius 1 is 1.07 bits per heavy atom. The molecule has 0 aliphatic carbocycles. The van der Waals surface area contributed by atoms with Gasteiger partial charge in [0.2, 0.25) is 5.91 Å². The molecule has 0 unspecified atom stereocenters. The Kier molecular flexibility index (Phi) is 8.64. The second-order valence-electron chi connectivity index (χ2n) is 6.26. The van der Waals surface area contributed by atoms with Gasteiger partial charge in [0.05, 0.1) is 31.4 Å². The normalized spacial score (nSPS) is 12.1. The van der Waals surface area contributed by atoms with Crippen molar-refractivity contribution in [3.63, 3.8) is 0 Å². The topological polar surface area (TPSA) is 98.2 Å². The molecule has 0 aromatic heterocycles. The fourth-order valence-corrected chi connectivity index (χ4v) is 2.89. The van der Waals surface area contributed by atoms with E-state index >= 15 is 0 Å². The van der Waals surface area contributed by atoms with Crippen LogP contribution in [0.25, 0.3) is 0 Å². The monoisotopic (exact) mass is 433 g/mol. The molecule has 0 saturated heterocycles. The molecule has 160 valence electrons. The van der Waals surface area contributed by atoms with Crippen LogP contribution in [-0.2, 0) is 14.3 Å². The lowest BCUT2D eigenvalue weighted by Crippen LogP contribution is -2.28. The number of anilines is 1. The Bertz CT molecular complexity index is 918. The van der Waals surface area contributed by atoms with Gasteiger partial charge in [0.25, 0.3) is 5.91 Å². The van der Waals surface area contributed by atoms with Gasteiger partial charge in [-0.15, -0.1) is 0 Å². The first-order chi connectivity index (χ1) is 14.4. The van der Waals surface area contributed by atoms with Crippen LogP contribution in [0.2, 0.25) is 5.02 Å². The average molecular weight is 434 g/mol. The Hall–Kier alpha value is -3.10. The number of carbonyl (C=O) groups excluding carboxylic acids is 2. The quantitative estimate of drug-likeness (QED) is 0.465. The minimum absolute atomic E-state index is 0.0443. The highest BCUT2D eigenvalue weighted by Gasteiger charge is 2.19. The van der Waals surface area contributed by atoms with Crippen molar-refractivity contribution in [3.05, 3.63) is 53.1 Å². The lowest BCUT2D eigenvalue weighted by Gasteiger charge is -2.14. The summed E-state index contributed by atoms with van der Waals surface area (Å²) in [7, 11) is 4.38. The number of halogens is 1. The van der Waals surface area contributed by atoms with E-state index in [1.165, 1.54) is 21.3 Å². The van der Waals surface area contributed by atoms with Crippen LogP contribution in [-0.4, -0.2) is 38.9 Å². The summed E-state index contributed by atoms with van der Waals surface area (Å²) in [5.41, 5.74) is 3.94. The molecule has 0 aliphatic rings. The van der Waals surface area contributed by atoms with E-state index in [0.29, 0.717) is 33.5 Å². The summed E-state index contributed by atoms with van der Waals surface area (Å²) < 4.78 is 15.6. The number of nitrogens with one attached hydrogen (secondary N) is 2. The minimum atomic E-state index is -0.803. The number of nitrogens with zero attached hydrogens (tertiary/aromatic N) is 1. The Morgan fingerprint density at radius 2 is 1.73 bits per heavy atom. The molecule has 0 radical (unpaired) electrons. The molecule has 2 aromatic carbocycles. The third-order valence-corrected chi connectivity index (χ3v) is 4.39. The number of hydrogen-bond acceptors (Lipinski definition) is 6. The molecular formula is C21H24ClN3O5. The van der Waals surface area contributed by atoms with Crippen molar-refractivity contribution in [2.24, 2.45) is 5.10 Å². The van der Waals surface area contributed by atoms with Crippen molar-refractivity contribution < 1.29 is 23.8 Å². The van der Waals surface area contributed by atoms with Crippen LogP contribution in [0.15, 0.2) is 47.6 Å². The highest BCUT2D eigenvalue weighted by molar-refractivity contribution is 6.32. The van der Waals surface area contributed by atoms with Crippen molar-refractivity contribution in [2.75, 3.05) is 26.6 Å². The van der Waals surface area contributed by atoms with Crippen molar-refractivity contribution in [2.45, 2.75) is 19.4 Å².